The average Bonchev–Trinajstić information content (AvgIpc) is 3.18. The van der Waals surface area contributed by atoms with E-state index in [2.05, 4.69) is 43.3 Å². The Bertz CT molecular complexity index is 895. The third-order valence-electron chi connectivity index (χ3n) is 10.0. The van der Waals surface area contributed by atoms with Crippen molar-refractivity contribution in [3.8, 4) is 0 Å². The molecule has 4 aliphatic carbocycles. The first-order valence-electron chi connectivity index (χ1n) is 13.1. The minimum absolute atomic E-state index is 0.0643. The summed E-state index contributed by atoms with van der Waals surface area (Å²) in [6.45, 7) is 6.07. The van der Waals surface area contributed by atoms with Gasteiger partial charge in [-0.1, -0.05) is 36.8 Å². The molecule has 1 aromatic rings. The number of aliphatic hydroxyl groups excluding tert-OH is 1. The molecule has 0 amide bonds. The summed E-state index contributed by atoms with van der Waals surface area (Å²) >= 11 is 2.01. The van der Waals surface area contributed by atoms with Crippen LogP contribution in [-0.4, -0.2) is 29.0 Å². The Balaban J connectivity index is 1.40. The summed E-state index contributed by atoms with van der Waals surface area (Å²) in [7, 11) is 0. The van der Waals surface area contributed by atoms with Crippen LogP contribution >= 0.6 is 11.8 Å². The minimum atomic E-state index is -0.229. The van der Waals surface area contributed by atoms with Crippen LogP contribution in [-0.2, 0) is 9.53 Å². The lowest BCUT2D eigenvalue weighted by Crippen LogP contribution is -2.53. The SMILES string of the molecule is CC(=O)O[C@H]1CC[C@@]2(C)C(=CC[C@H]3[C@@H]4CC[C@H]([C@H](C)O)[C@@]4(CSc4ccccc4)CC[C@@H]32)C1. The molecule has 8 atom stereocenters. The number of benzene rings is 1. The first-order chi connectivity index (χ1) is 15.8. The summed E-state index contributed by atoms with van der Waals surface area (Å²) in [5.41, 5.74) is 2.05. The van der Waals surface area contributed by atoms with Crippen molar-refractivity contribution in [1.82, 2.24) is 0 Å². The van der Waals surface area contributed by atoms with E-state index in [0.29, 0.717) is 11.8 Å². The Kier molecular flexibility index (Phi) is 6.46. The maximum absolute atomic E-state index is 11.5. The molecule has 3 nitrogen and oxygen atoms in total. The van der Waals surface area contributed by atoms with Crippen molar-refractivity contribution in [3.63, 3.8) is 0 Å². The summed E-state index contributed by atoms with van der Waals surface area (Å²) in [4.78, 5) is 12.9. The number of fused-ring (bicyclic) bond motifs is 5. The number of hydrogen-bond acceptors (Lipinski definition) is 4. The fraction of sp³-hybridized carbons (Fsp3) is 0.690. The van der Waals surface area contributed by atoms with E-state index in [9.17, 15) is 9.90 Å². The van der Waals surface area contributed by atoms with Gasteiger partial charge in [0.2, 0.25) is 0 Å². The van der Waals surface area contributed by atoms with Crippen LogP contribution in [0, 0.1) is 34.5 Å². The van der Waals surface area contributed by atoms with Gasteiger partial charge in [-0.05, 0) is 98.5 Å². The van der Waals surface area contributed by atoms with Crippen LogP contribution < -0.4 is 0 Å². The van der Waals surface area contributed by atoms with Gasteiger partial charge in [0.1, 0.15) is 6.10 Å². The van der Waals surface area contributed by atoms with Gasteiger partial charge >= 0.3 is 5.97 Å². The van der Waals surface area contributed by atoms with Gasteiger partial charge in [0, 0.05) is 24.0 Å². The van der Waals surface area contributed by atoms with E-state index in [-0.39, 0.29) is 29.0 Å². The van der Waals surface area contributed by atoms with Crippen LogP contribution in [0.3, 0.4) is 0 Å². The number of esters is 1. The highest BCUT2D eigenvalue weighted by molar-refractivity contribution is 7.99. The minimum Gasteiger partial charge on any atom is -0.462 e. The first kappa shape index (κ1) is 23.5. The molecule has 180 valence electrons. The number of carbonyl (C=O) groups is 1. The topological polar surface area (TPSA) is 46.5 Å². The number of thioether (sulfide) groups is 1. The molecule has 0 bridgehead atoms. The van der Waals surface area contributed by atoms with Crippen LogP contribution in [0.5, 0.6) is 0 Å². The lowest BCUT2D eigenvalue weighted by atomic mass is 9.47. The number of hydrogen-bond donors (Lipinski definition) is 1. The molecule has 0 aromatic heterocycles. The third kappa shape index (κ3) is 4.10. The quantitative estimate of drug-likeness (QED) is 0.298. The largest absolute Gasteiger partial charge is 0.462 e. The van der Waals surface area contributed by atoms with Crippen LogP contribution in [0.2, 0.25) is 0 Å². The van der Waals surface area contributed by atoms with Crippen molar-refractivity contribution in [3.05, 3.63) is 42.0 Å². The van der Waals surface area contributed by atoms with Crippen LogP contribution in [0.25, 0.3) is 0 Å². The highest BCUT2D eigenvalue weighted by atomic mass is 32.2. The fourth-order valence-electron chi connectivity index (χ4n) is 8.56. The van der Waals surface area contributed by atoms with Gasteiger partial charge in [-0.2, -0.15) is 0 Å². The maximum Gasteiger partial charge on any atom is 0.302 e. The van der Waals surface area contributed by atoms with Crippen molar-refractivity contribution >= 4 is 17.7 Å². The predicted octanol–water partition coefficient (Wildman–Crippen LogP) is 6.65. The Morgan fingerprint density at radius 2 is 1.94 bits per heavy atom. The van der Waals surface area contributed by atoms with Crippen LogP contribution in [0.1, 0.15) is 72.1 Å². The van der Waals surface area contributed by atoms with Crippen molar-refractivity contribution in [2.45, 2.75) is 89.2 Å². The molecule has 3 saturated carbocycles. The van der Waals surface area contributed by atoms with Gasteiger partial charge in [-0.25, -0.2) is 0 Å². The van der Waals surface area contributed by atoms with E-state index in [4.69, 9.17) is 4.74 Å². The van der Waals surface area contributed by atoms with Gasteiger partial charge in [0.15, 0.2) is 0 Å². The third-order valence-corrected chi connectivity index (χ3v) is 11.3. The molecule has 33 heavy (non-hydrogen) atoms. The van der Waals surface area contributed by atoms with E-state index < -0.39 is 0 Å². The second-order valence-electron chi connectivity index (χ2n) is 11.5. The second-order valence-corrected chi connectivity index (χ2v) is 12.6. The number of rotatable bonds is 5. The normalized spacial score (nSPS) is 40.7. The molecule has 1 N–H and O–H groups in total. The molecule has 1 aromatic carbocycles. The smallest absolute Gasteiger partial charge is 0.302 e. The molecule has 4 aliphatic rings. The van der Waals surface area contributed by atoms with E-state index >= 15 is 0 Å². The zero-order chi connectivity index (χ0) is 23.2. The molecule has 0 unspecified atom stereocenters. The van der Waals surface area contributed by atoms with Crippen molar-refractivity contribution in [1.29, 1.82) is 0 Å². The predicted molar refractivity (Wildman–Crippen MR) is 134 cm³/mol. The molecule has 5 rings (SSSR count). The molecular formula is C29H40O3S. The summed E-state index contributed by atoms with van der Waals surface area (Å²) in [6, 6.07) is 10.8. The Morgan fingerprint density at radius 3 is 2.67 bits per heavy atom. The van der Waals surface area contributed by atoms with Gasteiger partial charge in [-0.15, -0.1) is 11.8 Å². The lowest BCUT2D eigenvalue weighted by molar-refractivity contribution is -0.148. The molecule has 0 saturated heterocycles. The Morgan fingerprint density at radius 1 is 1.15 bits per heavy atom. The van der Waals surface area contributed by atoms with Gasteiger partial charge in [0.25, 0.3) is 0 Å². The van der Waals surface area contributed by atoms with E-state index in [1.165, 1.54) is 37.5 Å². The van der Waals surface area contributed by atoms with Crippen LogP contribution in [0.15, 0.2) is 46.9 Å². The second kappa shape index (κ2) is 9.07. The number of aliphatic hydroxyl groups is 1. The molecule has 3 fully saturated rings. The molecule has 4 heteroatoms. The highest BCUT2D eigenvalue weighted by Crippen LogP contribution is 2.67. The summed E-state index contributed by atoms with van der Waals surface area (Å²) < 4.78 is 5.61. The molecule has 0 heterocycles. The van der Waals surface area contributed by atoms with Crippen molar-refractivity contribution < 1.29 is 14.6 Å². The number of allylic oxidation sites excluding steroid dienone is 1. The van der Waals surface area contributed by atoms with Crippen molar-refractivity contribution in [2.24, 2.45) is 34.5 Å². The lowest BCUT2D eigenvalue weighted by Gasteiger charge is -2.59. The molecular weight excluding hydrogens is 428 g/mol. The Labute approximate surface area is 203 Å². The van der Waals surface area contributed by atoms with Crippen LogP contribution in [0.4, 0.5) is 0 Å². The standard InChI is InChI=1S/C29H40O3S/c1-19(30)25-11-12-27-24-10-9-21-17-22(32-20(2)31)13-15-28(21,3)26(24)14-16-29(25,27)18-33-23-7-5-4-6-8-23/h4-9,19,22,24-27,30H,10-18H2,1-3H3/t19-,22-,24+,25+,26-,27-,28-,29-/m0/s1. The highest BCUT2D eigenvalue weighted by Gasteiger charge is 2.61. The van der Waals surface area contributed by atoms with Gasteiger partial charge < -0.3 is 9.84 Å². The summed E-state index contributed by atoms with van der Waals surface area (Å²) in [5.74, 6) is 3.54. The summed E-state index contributed by atoms with van der Waals surface area (Å²) in [5, 5.41) is 10.8. The van der Waals surface area contributed by atoms with E-state index in [1.54, 1.807) is 5.57 Å². The first-order valence-corrected chi connectivity index (χ1v) is 14.0. The monoisotopic (exact) mass is 468 g/mol. The number of ether oxygens (including phenoxy) is 1. The average molecular weight is 469 g/mol. The molecule has 0 radical (unpaired) electrons. The maximum atomic E-state index is 11.5. The Hall–Kier alpha value is -1.26. The van der Waals surface area contributed by atoms with Crippen molar-refractivity contribution in [2.75, 3.05) is 5.75 Å². The fourth-order valence-corrected chi connectivity index (χ4v) is 9.91. The molecule has 0 aliphatic heterocycles. The number of carbonyl (C=O) groups excluding carboxylic acids is 1. The zero-order valence-electron chi connectivity index (χ0n) is 20.5. The summed E-state index contributed by atoms with van der Waals surface area (Å²) in [6.07, 6.45) is 11.5. The zero-order valence-corrected chi connectivity index (χ0v) is 21.3. The van der Waals surface area contributed by atoms with E-state index in [0.717, 1.165) is 43.3 Å². The molecule has 0 spiro atoms. The van der Waals surface area contributed by atoms with Gasteiger partial charge in [0.05, 0.1) is 6.10 Å². The van der Waals surface area contributed by atoms with Gasteiger partial charge in [-0.3, -0.25) is 4.79 Å². The van der Waals surface area contributed by atoms with E-state index in [1.807, 2.05) is 18.7 Å².